The van der Waals surface area contributed by atoms with Crippen LogP contribution in [0.3, 0.4) is 0 Å². The lowest BCUT2D eigenvalue weighted by molar-refractivity contribution is 0.318. The van der Waals surface area contributed by atoms with E-state index in [2.05, 4.69) is 12.1 Å². The molecule has 1 rings (SSSR count). The number of hydrogen-bond acceptors (Lipinski definition) is 3. The second-order valence-corrected chi connectivity index (χ2v) is 4.34. The fraction of sp³-hybridized carbons (Fsp3) is 0.364. The molecule has 0 aliphatic heterocycles. The lowest BCUT2D eigenvalue weighted by Gasteiger charge is -2.02. The van der Waals surface area contributed by atoms with Crippen molar-refractivity contribution in [1.82, 2.24) is 0 Å². The molecule has 0 amide bonds. The predicted molar refractivity (Wildman–Crippen MR) is 65.4 cm³/mol. The number of rotatable bonds is 5. The number of nitrogens with zero attached hydrogens (tertiary/aromatic N) is 1. The van der Waals surface area contributed by atoms with E-state index in [1.165, 1.54) is 17.7 Å². The quantitative estimate of drug-likeness (QED) is 0.265. The molecule has 0 unspecified atom stereocenters. The summed E-state index contributed by atoms with van der Waals surface area (Å²) in [5.41, 5.74) is 7.48. The molecule has 0 aliphatic carbocycles. The molecular formula is C11H16N2OS. The molecule has 4 heteroatoms. The third-order valence-electron chi connectivity index (χ3n) is 1.97. The summed E-state index contributed by atoms with van der Waals surface area (Å²) in [4.78, 5) is 0. The van der Waals surface area contributed by atoms with Crippen LogP contribution in [-0.4, -0.2) is 16.8 Å². The molecule has 3 N–H and O–H groups in total. The van der Waals surface area contributed by atoms with E-state index in [0.29, 0.717) is 0 Å². The summed E-state index contributed by atoms with van der Waals surface area (Å²) in [6.07, 6.45) is 1.20. The molecule has 0 saturated heterocycles. The van der Waals surface area contributed by atoms with Crippen LogP contribution in [0, 0.1) is 0 Å². The molecule has 0 atom stereocenters. The van der Waals surface area contributed by atoms with Crippen molar-refractivity contribution in [3.63, 3.8) is 0 Å². The van der Waals surface area contributed by atoms with Crippen LogP contribution >= 0.6 is 11.8 Å². The van der Waals surface area contributed by atoms with Gasteiger partial charge < -0.3 is 10.9 Å². The lowest BCUT2D eigenvalue weighted by atomic mass is 10.1. The van der Waals surface area contributed by atoms with E-state index in [4.69, 9.17) is 10.9 Å². The van der Waals surface area contributed by atoms with Gasteiger partial charge in [-0.15, -0.1) is 0 Å². The fourth-order valence-electron chi connectivity index (χ4n) is 1.16. The zero-order chi connectivity index (χ0) is 11.1. The molecule has 1 aromatic rings. The van der Waals surface area contributed by atoms with Gasteiger partial charge in [0.1, 0.15) is 0 Å². The first kappa shape index (κ1) is 11.9. The SMILES string of the molecule is CCCSCc1ccc(/C(N)=N/O)cc1. The Balaban J connectivity index is 2.56. The van der Waals surface area contributed by atoms with Crippen LogP contribution in [0.1, 0.15) is 24.5 Å². The van der Waals surface area contributed by atoms with Gasteiger partial charge in [0.25, 0.3) is 0 Å². The number of benzene rings is 1. The topological polar surface area (TPSA) is 58.6 Å². The van der Waals surface area contributed by atoms with Gasteiger partial charge >= 0.3 is 0 Å². The largest absolute Gasteiger partial charge is 0.409 e. The van der Waals surface area contributed by atoms with Crippen molar-refractivity contribution in [1.29, 1.82) is 0 Å². The zero-order valence-electron chi connectivity index (χ0n) is 8.81. The van der Waals surface area contributed by atoms with Gasteiger partial charge in [-0.1, -0.05) is 36.3 Å². The van der Waals surface area contributed by atoms with Crippen molar-refractivity contribution in [3.05, 3.63) is 35.4 Å². The maximum Gasteiger partial charge on any atom is 0.170 e. The van der Waals surface area contributed by atoms with Gasteiger partial charge in [-0.2, -0.15) is 11.8 Å². The van der Waals surface area contributed by atoms with Crippen LogP contribution in [0.2, 0.25) is 0 Å². The number of thioether (sulfide) groups is 1. The smallest absolute Gasteiger partial charge is 0.170 e. The maximum atomic E-state index is 8.49. The first-order valence-electron chi connectivity index (χ1n) is 4.92. The minimum Gasteiger partial charge on any atom is -0.409 e. The molecule has 0 bridgehead atoms. The predicted octanol–water partition coefficient (Wildman–Crippen LogP) is 2.42. The van der Waals surface area contributed by atoms with E-state index in [1.807, 2.05) is 36.0 Å². The van der Waals surface area contributed by atoms with Crippen LogP contribution in [0.4, 0.5) is 0 Å². The van der Waals surface area contributed by atoms with Crippen LogP contribution in [0.25, 0.3) is 0 Å². The molecule has 0 heterocycles. The third-order valence-corrected chi connectivity index (χ3v) is 3.21. The molecule has 3 nitrogen and oxygen atoms in total. The molecule has 15 heavy (non-hydrogen) atoms. The summed E-state index contributed by atoms with van der Waals surface area (Å²) >= 11 is 1.92. The monoisotopic (exact) mass is 224 g/mol. The highest BCUT2D eigenvalue weighted by molar-refractivity contribution is 7.98. The minimum absolute atomic E-state index is 0.155. The second kappa shape index (κ2) is 6.35. The van der Waals surface area contributed by atoms with Gasteiger partial charge in [0.2, 0.25) is 0 Å². The first-order chi connectivity index (χ1) is 7.27. The molecule has 0 aromatic heterocycles. The summed E-state index contributed by atoms with van der Waals surface area (Å²) in [7, 11) is 0. The van der Waals surface area contributed by atoms with Gasteiger partial charge in [0.05, 0.1) is 0 Å². The Morgan fingerprint density at radius 3 is 2.60 bits per heavy atom. The van der Waals surface area contributed by atoms with Crippen LogP contribution in [0.5, 0.6) is 0 Å². The van der Waals surface area contributed by atoms with E-state index >= 15 is 0 Å². The maximum absolute atomic E-state index is 8.49. The van der Waals surface area contributed by atoms with E-state index in [1.54, 1.807) is 0 Å². The standard InChI is InChI=1S/C11H16N2OS/c1-2-7-15-8-9-3-5-10(6-4-9)11(12)13-14/h3-6,14H,2,7-8H2,1H3,(H2,12,13). The summed E-state index contributed by atoms with van der Waals surface area (Å²) in [6, 6.07) is 7.76. The Bertz CT molecular complexity index is 322. The second-order valence-electron chi connectivity index (χ2n) is 3.23. The Labute approximate surface area is 94.4 Å². The summed E-state index contributed by atoms with van der Waals surface area (Å²) in [5, 5.41) is 11.4. The Morgan fingerprint density at radius 2 is 2.07 bits per heavy atom. The number of amidine groups is 1. The van der Waals surface area contributed by atoms with Crippen LogP contribution in [0.15, 0.2) is 29.4 Å². The van der Waals surface area contributed by atoms with Gasteiger partial charge in [-0.05, 0) is 17.7 Å². The normalized spacial score (nSPS) is 11.7. The number of nitrogens with two attached hydrogens (primary N) is 1. The molecule has 0 radical (unpaired) electrons. The highest BCUT2D eigenvalue weighted by atomic mass is 32.2. The summed E-state index contributed by atoms with van der Waals surface area (Å²) in [5.74, 6) is 2.36. The molecule has 0 saturated carbocycles. The summed E-state index contributed by atoms with van der Waals surface area (Å²) in [6.45, 7) is 2.18. The Morgan fingerprint density at radius 1 is 1.40 bits per heavy atom. The van der Waals surface area contributed by atoms with E-state index in [0.717, 1.165) is 11.3 Å². The van der Waals surface area contributed by atoms with Gasteiger partial charge in [0.15, 0.2) is 5.84 Å². The zero-order valence-corrected chi connectivity index (χ0v) is 9.63. The molecular weight excluding hydrogens is 208 g/mol. The third kappa shape index (κ3) is 3.83. The van der Waals surface area contributed by atoms with Crippen LogP contribution < -0.4 is 5.73 Å². The van der Waals surface area contributed by atoms with Crippen molar-refractivity contribution < 1.29 is 5.21 Å². The molecule has 0 aliphatic rings. The average Bonchev–Trinajstić information content (AvgIpc) is 2.29. The Hall–Kier alpha value is -1.16. The van der Waals surface area contributed by atoms with Gasteiger partial charge in [-0.25, -0.2) is 0 Å². The van der Waals surface area contributed by atoms with Crippen molar-refractivity contribution >= 4 is 17.6 Å². The van der Waals surface area contributed by atoms with E-state index < -0.39 is 0 Å². The van der Waals surface area contributed by atoms with Gasteiger partial charge in [-0.3, -0.25) is 0 Å². The minimum atomic E-state index is 0.155. The number of oxime groups is 1. The highest BCUT2D eigenvalue weighted by Gasteiger charge is 1.98. The van der Waals surface area contributed by atoms with Gasteiger partial charge in [0, 0.05) is 11.3 Å². The van der Waals surface area contributed by atoms with E-state index in [9.17, 15) is 0 Å². The average molecular weight is 224 g/mol. The van der Waals surface area contributed by atoms with Crippen molar-refractivity contribution in [2.24, 2.45) is 10.9 Å². The van der Waals surface area contributed by atoms with E-state index in [-0.39, 0.29) is 5.84 Å². The first-order valence-corrected chi connectivity index (χ1v) is 6.08. The number of hydrogen-bond donors (Lipinski definition) is 2. The molecule has 0 fully saturated rings. The summed E-state index contributed by atoms with van der Waals surface area (Å²) < 4.78 is 0. The molecule has 82 valence electrons. The lowest BCUT2D eigenvalue weighted by Crippen LogP contribution is -2.12. The van der Waals surface area contributed by atoms with Crippen molar-refractivity contribution in [2.75, 3.05) is 5.75 Å². The molecule has 0 spiro atoms. The molecule has 1 aromatic carbocycles. The fourth-order valence-corrected chi connectivity index (χ4v) is 2.02. The van der Waals surface area contributed by atoms with Crippen molar-refractivity contribution in [3.8, 4) is 0 Å². The highest BCUT2D eigenvalue weighted by Crippen LogP contribution is 2.13. The van der Waals surface area contributed by atoms with Crippen molar-refractivity contribution in [2.45, 2.75) is 19.1 Å². The van der Waals surface area contributed by atoms with Crippen LogP contribution in [-0.2, 0) is 5.75 Å². The Kier molecular flexibility index (Phi) is 5.04.